The van der Waals surface area contributed by atoms with E-state index in [-0.39, 0.29) is 24.2 Å². The molecule has 2 rings (SSSR count). The van der Waals surface area contributed by atoms with Gasteiger partial charge in [-0.15, -0.1) is 0 Å². The summed E-state index contributed by atoms with van der Waals surface area (Å²) in [6, 6.07) is 3.41. The molecule has 0 spiro atoms. The van der Waals surface area contributed by atoms with E-state index in [0.29, 0.717) is 13.1 Å². The summed E-state index contributed by atoms with van der Waals surface area (Å²) in [4.78, 5) is 12.6. The molecule has 1 heterocycles. The first-order valence-corrected chi connectivity index (χ1v) is 9.83. The third-order valence-electron chi connectivity index (χ3n) is 4.60. The summed E-state index contributed by atoms with van der Waals surface area (Å²) < 4.78 is 67.3. The number of carbonyl (C=O) groups excluding carboxylic acids is 1. The minimum absolute atomic E-state index is 0.0402. The molecule has 1 amide bonds. The van der Waals surface area contributed by atoms with Crippen molar-refractivity contribution >= 4 is 15.7 Å². The fourth-order valence-corrected chi connectivity index (χ4v) is 4.39. The summed E-state index contributed by atoms with van der Waals surface area (Å²) in [5.41, 5.74) is -1.10. The Hall–Kier alpha value is -1.81. The van der Waals surface area contributed by atoms with Crippen LogP contribution in [0.25, 0.3) is 0 Å². The molecular weight excluding hydrogens is 373 g/mol. The molecule has 0 aliphatic carbocycles. The van der Waals surface area contributed by atoms with Crippen molar-refractivity contribution in [1.29, 1.82) is 0 Å². The molecule has 10 heteroatoms. The zero-order valence-electron chi connectivity index (χ0n) is 14.4. The lowest BCUT2D eigenvalue weighted by atomic mass is 9.95. The molecule has 0 aromatic heterocycles. The second kappa shape index (κ2) is 7.43. The highest BCUT2D eigenvalue weighted by molar-refractivity contribution is 7.92. The van der Waals surface area contributed by atoms with Crippen LogP contribution in [0.5, 0.6) is 5.75 Å². The second-order valence-corrected chi connectivity index (χ2v) is 8.55. The van der Waals surface area contributed by atoms with Crippen molar-refractivity contribution in [2.45, 2.75) is 30.3 Å². The monoisotopic (exact) mass is 394 g/mol. The highest BCUT2D eigenvalue weighted by Crippen LogP contribution is 2.35. The molecule has 26 heavy (non-hydrogen) atoms. The van der Waals surface area contributed by atoms with Gasteiger partial charge in [0.25, 0.3) is 0 Å². The average molecular weight is 394 g/mol. The highest BCUT2D eigenvalue weighted by Gasteiger charge is 2.48. The molecule has 0 unspecified atom stereocenters. The van der Waals surface area contributed by atoms with Gasteiger partial charge in [-0.05, 0) is 43.6 Å². The van der Waals surface area contributed by atoms with E-state index in [2.05, 4.69) is 10.6 Å². The van der Waals surface area contributed by atoms with Gasteiger partial charge < -0.3 is 15.4 Å². The van der Waals surface area contributed by atoms with E-state index in [1.807, 2.05) is 0 Å². The van der Waals surface area contributed by atoms with Crippen molar-refractivity contribution in [2.75, 3.05) is 26.5 Å². The number of carbonyl (C=O) groups is 1. The van der Waals surface area contributed by atoms with Crippen molar-refractivity contribution in [2.24, 2.45) is 0 Å². The molecule has 0 saturated carbocycles. The first-order chi connectivity index (χ1) is 12.0. The van der Waals surface area contributed by atoms with Gasteiger partial charge in [-0.3, -0.25) is 4.79 Å². The molecule has 0 radical (unpaired) electrons. The number of piperidine rings is 1. The standard InChI is InChI=1S/C16H21F3N2O4S/c1-25-12-4-3-11(13(9-12)16(17,18)19)10-21-14(22)15(26(2,23)24)5-7-20-8-6-15/h3-4,9,20H,5-8,10H2,1-2H3,(H,21,22). The summed E-state index contributed by atoms with van der Waals surface area (Å²) in [6.07, 6.45) is -3.50. The summed E-state index contributed by atoms with van der Waals surface area (Å²) >= 11 is 0. The smallest absolute Gasteiger partial charge is 0.416 e. The van der Waals surface area contributed by atoms with Crippen LogP contribution in [0.2, 0.25) is 0 Å². The van der Waals surface area contributed by atoms with E-state index in [1.54, 1.807) is 0 Å². The zero-order chi connectivity index (χ0) is 19.6. The lowest BCUT2D eigenvalue weighted by Gasteiger charge is -2.34. The molecule has 1 fully saturated rings. The Morgan fingerprint density at radius 3 is 2.42 bits per heavy atom. The Labute approximate surface area is 150 Å². The Morgan fingerprint density at radius 2 is 1.92 bits per heavy atom. The van der Waals surface area contributed by atoms with Crippen LogP contribution in [0.3, 0.4) is 0 Å². The van der Waals surface area contributed by atoms with Gasteiger partial charge in [-0.1, -0.05) is 6.07 Å². The fourth-order valence-electron chi connectivity index (χ4n) is 3.03. The predicted octanol–water partition coefficient (Wildman–Crippen LogP) is 1.50. The molecule has 1 aromatic rings. The van der Waals surface area contributed by atoms with E-state index in [9.17, 15) is 26.4 Å². The highest BCUT2D eigenvalue weighted by atomic mass is 32.2. The maximum absolute atomic E-state index is 13.2. The van der Waals surface area contributed by atoms with E-state index < -0.39 is 38.8 Å². The van der Waals surface area contributed by atoms with Crippen LogP contribution in [0.1, 0.15) is 24.0 Å². The van der Waals surface area contributed by atoms with Gasteiger partial charge in [0.15, 0.2) is 14.6 Å². The van der Waals surface area contributed by atoms with Crippen LogP contribution >= 0.6 is 0 Å². The number of sulfone groups is 1. The molecule has 0 bridgehead atoms. The quantitative estimate of drug-likeness (QED) is 0.791. The minimum atomic E-state index is -4.63. The molecule has 0 atom stereocenters. The topological polar surface area (TPSA) is 84.5 Å². The van der Waals surface area contributed by atoms with Gasteiger partial charge in [0, 0.05) is 12.8 Å². The summed E-state index contributed by atoms with van der Waals surface area (Å²) in [5.74, 6) is -0.733. The van der Waals surface area contributed by atoms with E-state index in [1.165, 1.54) is 19.2 Å². The molecule has 1 saturated heterocycles. The Morgan fingerprint density at radius 1 is 1.31 bits per heavy atom. The van der Waals surface area contributed by atoms with Gasteiger partial charge in [0.1, 0.15) is 5.75 Å². The molecule has 1 aliphatic heterocycles. The number of nitrogens with one attached hydrogen (secondary N) is 2. The summed E-state index contributed by atoms with van der Waals surface area (Å²) in [6.45, 7) is 0.260. The number of amides is 1. The third kappa shape index (κ3) is 4.12. The van der Waals surface area contributed by atoms with E-state index in [4.69, 9.17) is 4.74 Å². The number of rotatable bonds is 5. The van der Waals surface area contributed by atoms with Gasteiger partial charge in [0.2, 0.25) is 5.91 Å². The van der Waals surface area contributed by atoms with E-state index in [0.717, 1.165) is 12.3 Å². The molecular formula is C16H21F3N2O4S. The van der Waals surface area contributed by atoms with Crippen LogP contribution in [-0.2, 0) is 27.4 Å². The van der Waals surface area contributed by atoms with Crippen LogP contribution in [-0.4, -0.2) is 45.5 Å². The fraction of sp³-hybridized carbons (Fsp3) is 0.562. The van der Waals surface area contributed by atoms with E-state index >= 15 is 0 Å². The Balaban J connectivity index is 2.26. The average Bonchev–Trinajstić information content (AvgIpc) is 2.58. The zero-order valence-corrected chi connectivity index (χ0v) is 15.3. The van der Waals surface area contributed by atoms with Crippen LogP contribution in [0.15, 0.2) is 18.2 Å². The number of methoxy groups -OCH3 is 1. The molecule has 2 N–H and O–H groups in total. The third-order valence-corrected chi connectivity index (χ3v) is 6.61. The number of ether oxygens (including phenoxy) is 1. The number of benzene rings is 1. The van der Waals surface area contributed by atoms with Gasteiger partial charge >= 0.3 is 6.18 Å². The maximum Gasteiger partial charge on any atom is 0.416 e. The van der Waals surface area contributed by atoms with Crippen molar-refractivity contribution in [1.82, 2.24) is 10.6 Å². The largest absolute Gasteiger partial charge is 0.497 e. The first kappa shape index (κ1) is 20.5. The maximum atomic E-state index is 13.2. The second-order valence-electron chi connectivity index (χ2n) is 6.22. The normalized spacial score (nSPS) is 17.6. The van der Waals surface area contributed by atoms with Crippen molar-refractivity contribution in [3.05, 3.63) is 29.3 Å². The lowest BCUT2D eigenvalue weighted by molar-refractivity contribution is -0.138. The predicted molar refractivity (Wildman–Crippen MR) is 89.5 cm³/mol. The summed E-state index contributed by atoms with van der Waals surface area (Å²) in [7, 11) is -2.48. The first-order valence-electron chi connectivity index (χ1n) is 7.94. The lowest BCUT2D eigenvalue weighted by Crippen LogP contribution is -2.57. The van der Waals surface area contributed by atoms with Gasteiger partial charge in [-0.2, -0.15) is 13.2 Å². The van der Waals surface area contributed by atoms with Crippen molar-refractivity contribution < 1.29 is 31.1 Å². The van der Waals surface area contributed by atoms with Gasteiger partial charge in [-0.25, -0.2) is 8.42 Å². The van der Waals surface area contributed by atoms with Gasteiger partial charge in [0.05, 0.1) is 12.7 Å². The van der Waals surface area contributed by atoms with Crippen molar-refractivity contribution in [3.8, 4) is 5.75 Å². The van der Waals surface area contributed by atoms with Crippen LogP contribution in [0, 0.1) is 0 Å². The number of alkyl halides is 3. The molecule has 6 nitrogen and oxygen atoms in total. The molecule has 1 aromatic carbocycles. The minimum Gasteiger partial charge on any atom is -0.497 e. The Bertz CT molecular complexity index is 772. The molecule has 1 aliphatic rings. The van der Waals surface area contributed by atoms with Crippen LogP contribution in [0.4, 0.5) is 13.2 Å². The summed E-state index contributed by atoms with van der Waals surface area (Å²) in [5, 5.41) is 5.35. The Kier molecular flexibility index (Phi) is 5.86. The van der Waals surface area contributed by atoms with Crippen molar-refractivity contribution in [3.63, 3.8) is 0 Å². The number of hydrogen-bond acceptors (Lipinski definition) is 5. The van der Waals surface area contributed by atoms with Crippen LogP contribution < -0.4 is 15.4 Å². The molecule has 146 valence electrons. The number of halogens is 3. The SMILES string of the molecule is COc1ccc(CNC(=O)C2(S(C)(=O)=O)CCNCC2)c(C(F)(F)F)c1. The number of hydrogen-bond donors (Lipinski definition) is 2.